The van der Waals surface area contributed by atoms with Crippen LogP contribution < -0.4 is 0 Å². The van der Waals surface area contributed by atoms with E-state index >= 15 is 0 Å². The Morgan fingerprint density at radius 3 is 2.50 bits per heavy atom. The van der Waals surface area contributed by atoms with E-state index in [4.69, 9.17) is 4.74 Å². The van der Waals surface area contributed by atoms with Gasteiger partial charge in [-0.2, -0.15) is 0 Å². The normalized spacial score (nSPS) is 14.9. The predicted molar refractivity (Wildman–Crippen MR) is 66.4 cm³/mol. The van der Waals surface area contributed by atoms with E-state index < -0.39 is 0 Å². The van der Waals surface area contributed by atoms with Crippen molar-refractivity contribution in [1.29, 1.82) is 0 Å². The molecule has 0 bridgehead atoms. The van der Waals surface area contributed by atoms with E-state index in [1.165, 1.54) is 31.9 Å². The lowest BCUT2D eigenvalue weighted by molar-refractivity contribution is 0.0600. The maximum atomic E-state index is 11.4. The highest BCUT2D eigenvalue weighted by Crippen LogP contribution is 2.36. The summed E-state index contributed by atoms with van der Waals surface area (Å²) in [6.45, 7) is 1.97. The van der Waals surface area contributed by atoms with Crippen molar-refractivity contribution in [3.8, 4) is 0 Å². The van der Waals surface area contributed by atoms with Crippen LogP contribution in [0.3, 0.4) is 0 Å². The zero-order chi connectivity index (χ0) is 10.8. The van der Waals surface area contributed by atoms with Gasteiger partial charge in [0, 0.05) is 0 Å². The van der Waals surface area contributed by atoms with Gasteiger partial charge in [-0.15, -0.1) is 12.4 Å². The Morgan fingerprint density at radius 2 is 2.06 bits per heavy atom. The summed E-state index contributed by atoms with van der Waals surface area (Å²) in [4.78, 5) is 11.4. The molecule has 0 spiro atoms. The van der Waals surface area contributed by atoms with Crippen molar-refractivity contribution in [3.63, 3.8) is 0 Å². The van der Waals surface area contributed by atoms with Gasteiger partial charge < -0.3 is 4.74 Å². The fourth-order valence-electron chi connectivity index (χ4n) is 2.02. The smallest absolute Gasteiger partial charge is 0.338 e. The summed E-state index contributed by atoms with van der Waals surface area (Å²) in [6, 6.07) is 6.06. The van der Waals surface area contributed by atoms with Crippen molar-refractivity contribution in [3.05, 3.63) is 34.9 Å². The molecule has 3 heteroatoms. The molecule has 16 heavy (non-hydrogen) atoms. The molecule has 1 aliphatic carbocycles. The first-order chi connectivity index (χ1) is 7.22. The number of rotatable bonds is 2. The van der Waals surface area contributed by atoms with Gasteiger partial charge in [-0.05, 0) is 42.9 Å². The topological polar surface area (TPSA) is 26.3 Å². The van der Waals surface area contributed by atoms with E-state index in [1.54, 1.807) is 0 Å². The van der Waals surface area contributed by atoms with Crippen LogP contribution in [0, 0.1) is 6.92 Å². The molecule has 1 aromatic rings. The van der Waals surface area contributed by atoms with Crippen LogP contribution in [0.25, 0.3) is 0 Å². The Labute approximate surface area is 102 Å². The molecule has 0 N–H and O–H groups in total. The van der Waals surface area contributed by atoms with Crippen LogP contribution in [-0.4, -0.2) is 13.1 Å². The largest absolute Gasteiger partial charge is 0.465 e. The van der Waals surface area contributed by atoms with E-state index in [2.05, 4.69) is 12.1 Å². The van der Waals surface area contributed by atoms with Crippen LogP contribution in [0.5, 0.6) is 0 Å². The molecule has 0 amide bonds. The highest BCUT2D eigenvalue weighted by atomic mass is 35.5. The molecule has 1 fully saturated rings. The second-order valence-corrected chi connectivity index (χ2v) is 4.19. The summed E-state index contributed by atoms with van der Waals surface area (Å²) in [5.74, 6) is 0.475. The number of hydrogen-bond acceptors (Lipinski definition) is 2. The molecule has 1 saturated carbocycles. The summed E-state index contributed by atoms with van der Waals surface area (Å²) in [7, 11) is 1.42. The Balaban J connectivity index is 0.00000128. The Morgan fingerprint density at radius 1 is 1.38 bits per heavy atom. The van der Waals surface area contributed by atoms with E-state index in [1.807, 2.05) is 13.0 Å². The van der Waals surface area contributed by atoms with Gasteiger partial charge >= 0.3 is 5.97 Å². The molecule has 0 aliphatic heterocycles. The number of esters is 1. The third kappa shape index (κ3) is 2.38. The van der Waals surface area contributed by atoms with Gasteiger partial charge in [0.1, 0.15) is 0 Å². The molecule has 0 radical (unpaired) electrons. The average Bonchev–Trinajstić information content (AvgIpc) is 2.14. The Kier molecular flexibility index (Phi) is 4.36. The second kappa shape index (κ2) is 5.35. The zero-order valence-electron chi connectivity index (χ0n) is 9.66. The van der Waals surface area contributed by atoms with Crippen LogP contribution >= 0.6 is 12.4 Å². The first-order valence-corrected chi connectivity index (χ1v) is 5.41. The van der Waals surface area contributed by atoms with Gasteiger partial charge in [0.2, 0.25) is 0 Å². The zero-order valence-corrected chi connectivity index (χ0v) is 10.5. The fraction of sp³-hybridized carbons (Fsp3) is 0.462. The van der Waals surface area contributed by atoms with Crippen molar-refractivity contribution in [1.82, 2.24) is 0 Å². The van der Waals surface area contributed by atoms with E-state index in [0.29, 0.717) is 5.56 Å². The highest BCUT2D eigenvalue weighted by Gasteiger charge is 2.20. The number of aryl methyl sites for hydroxylation is 1. The van der Waals surface area contributed by atoms with Crippen molar-refractivity contribution in [2.75, 3.05) is 7.11 Å². The van der Waals surface area contributed by atoms with Gasteiger partial charge in [0.05, 0.1) is 12.7 Å². The van der Waals surface area contributed by atoms with Gasteiger partial charge in [-0.1, -0.05) is 18.6 Å². The van der Waals surface area contributed by atoms with E-state index in [-0.39, 0.29) is 18.4 Å². The van der Waals surface area contributed by atoms with Crippen molar-refractivity contribution >= 4 is 18.4 Å². The molecule has 0 saturated heterocycles. The minimum absolute atomic E-state index is 0. The average molecular weight is 241 g/mol. The van der Waals surface area contributed by atoms with Crippen molar-refractivity contribution < 1.29 is 9.53 Å². The van der Waals surface area contributed by atoms with Crippen LogP contribution in [0.1, 0.15) is 46.7 Å². The van der Waals surface area contributed by atoms with Gasteiger partial charge in [0.25, 0.3) is 0 Å². The molecule has 0 unspecified atom stereocenters. The quantitative estimate of drug-likeness (QED) is 0.740. The van der Waals surface area contributed by atoms with Gasteiger partial charge in [-0.3, -0.25) is 0 Å². The summed E-state index contributed by atoms with van der Waals surface area (Å²) < 4.78 is 4.72. The van der Waals surface area contributed by atoms with Crippen molar-refractivity contribution in [2.45, 2.75) is 32.1 Å². The number of hydrogen-bond donors (Lipinski definition) is 0. The molecule has 2 rings (SSSR count). The number of benzene rings is 1. The Bertz CT molecular complexity index is 384. The molecule has 0 aromatic heterocycles. The summed E-state index contributed by atoms with van der Waals surface area (Å²) >= 11 is 0. The molecule has 1 aromatic carbocycles. The van der Waals surface area contributed by atoms with E-state index in [0.717, 1.165) is 11.5 Å². The van der Waals surface area contributed by atoms with Crippen LogP contribution in [-0.2, 0) is 4.74 Å². The molecule has 2 nitrogen and oxygen atoms in total. The molecule has 1 aliphatic rings. The molecule has 88 valence electrons. The maximum Gasteiger partial charge on any atom is 0.338 e. The summed E-state index contributed by atoms with van der Waals surface area (Å²) in [5.41, 5.74) is 3.07. The van der Waals surface area contributed by atoms with Gasteiger partial charge in [0.15, 0.2) is 0 Å². The van der Waals surface area contributed by atoms with Crippen LogP contribution in [0.15, 0.2) is 18.2 Å². The first kappa shape index (κ1) is 13.0. The standard InChI is InChI=1S/C13H16O2.ClH/c1-9-8-11(10-4-3-5-10)6-7-12(9)13(14)15-2;/h6-8,10H,3-5H2,1-2H3;1H. The number of methoxy groups -OCH3 is 1. The SMILES string of the molecule is COC(=O)c1ccc(C2CCC2)cc1C.Cl. The first-order valence-electron chi connectivity index (χ1n) is 5.41. The van der Waals surface area contributed by atoms with Crippen LogP contribution in [0.2, 0.25) is 0 Å². The minimum Gasteiger partial charge on any atom is -0.465 e. The lowest BCUT2D eigenvalue weighted by atomic mass is 9.79. The number of ether oxygens (including phenoxy) is 1. The predicted octanol–water partition coefficient (Wildman–Crippen LogP) is 3.47. The van der Waals surface area contributed by atoms with Crippen molar-refractivity contribution in [2.24, 2.45) is 0 Å². The Hall–Kier alpha value is -1.02. The maximum absolute atomic E-state index is 11.4. The van der Waals surface area contributed by atoms with Crippen LogP contribution in [0.4, 0.5) is 0 Å². The third-order valence-corrected chi connectivity index (χ3v) is 3.23. The molecular formula is C13H17ClO2. The molecular weight excluding hydrogens is 224 g/mol. The lowest BCUT2D eigenvalue weighted by Crippen LogP contribution is -2.10. The third-order valence-electron chi connectivity index (χ3n) is 3.23. The minimum atomic E-state index is -0.243. The monoisotopic (exact) mass is 240 g/mol. The summed E-state index contributed by atoms with van der Waals surface area (Å²) in [6.07, 6.45) is 3.91. The summed E-state index contributed by atoms with van der Waals surface area (Å²) in [5, 5.41) is 0. The molecule has 0 atom stereocenters. The second-order valence-electron chi connectivity index (χ2n) is 4.19. The molecule has 0 heterocycles. The van der Waals surface area contributed by atoms with Gasteiger partial charge in [-0.25, -0.2) is 4.79 Å². The highest BCUT2D eigenvalue weighted by molar-refractivity contribution is 5.91. The number of carbonyl (C=O) groups is 1. The number of halogens is 1. The lowest BCUT2D eigenvalue weighted by Gasteiger charge is -2.26. The fourth-order valence-corrected chi connectivity index (χ4v) is 2.02. The van der Waals surface area contributed by atoms with E-state index in [9.17, 15) is 4.79 Å². The number of carbonyl (C=O) groups excluding carboxylic acids is 1.